The summed E-state index contributed by atoms with van der Waals surface area (Å²) in [6.45, 7) is 5.81. The highest BCUT2D eigenvalue weighted by atomic mass is 16.5. The van der Waals surface area contributed by atoms with Crippen LogP contribution in [0.4, 0.5) is 0 Å². The smallest absolute Gasteiger partial charge is 0.0701 e. The standard InChI is InChI=1S/C27H35O6/c1-28-15-17-32-21-19-30-13-11-27(12-14-31-20-22-33-18-16-29-2)25-9-5-3-7-23(25)24-8-4-6-10-26(24)27/h3-4,7-9H,11-22H2,1-2H3. The Hall–Kier alpha value is -1.80. The molecule has 2 aromatic carbocycles. The van der Waals surface area contributed by atoms with Gasteiger partial charge in [0.05, 0.1) is 52.9 Å². The van der Waals surface area contributed by atoms with Crippen molar-refractivity contribution in [2.45, 2.75) is 18.3 Å². The molecular formula is C27H35O6. The number of hydrogen-bond acceptors (Lipinski definition) is 6. The molecule has 33 heavy (non-hydrogen) atoms. The van der Waals surface area contributed by atoms with E-state index in [0.29, 0.717) is 66.1 Å². The van der Waals surface area contributed by atoms with E-state index < -0.39 is 0 Å². The van der Waals surface area contributed by atoms with Crippen molar-refractivity contribution in [3.63, 3.8) is 0 Å². The third kappa shape index (κ3) is 7.09. The van der Waals surface area contributed by atoms with Gasteiger partial charge in [0.25, 0.3) is 0 Å². The molecule has 3 radical (unpaired) electrons. The van der Waals surface area contributed by atoms with Gasteiger partial charge in [0.1, 0.15) is 0 Å². The van der Waals surface area contributed by atoms with E-state index in [9.17, 15) is 0 Å². The molecule has 0 spiro atoms. The molecular weight excluding hydrogens is 420 g/mol. The minimum atomic E-state index is -0.242. The van der Waals surface area contributed by atoms with Crippen molar-refractivity contribution in [3.05, 3.63) is 59.7 Å². The molecule has 0 fully saturated rings. The van der Waals surface area contributed by atoms with E-state index in [-0.39, 0.29) is 5.41 Å². The minimum absolute atomic E-state index is 0.242. The molecule has 0 saturated heterocycles. The summed E-state index contributed by atoms with van der Waals surface area (Å²) in [5.41, 5.74) is 4.63. The molecule has 1 aliphatic rings. The third-order valence-electron chi connectivity index (χ3n) is 5.90. The van der Waals surface area contributed by atoms with Crippen molar-refractivity contribution in [2.75, 3.05) is 80.3 Å². The lowest BCUT2D eigenvalue weighted by Gasteiger charge is -2.32. The minimum Gasteiger partial charge on any atom is -0.382 e. The SMILES string of the molecule is COCCOCCOCCC1(CCOCCOCCOC)c2[c][c]ccc2-c2cc[c]cc21. The first-order valence-corrected chi connectivity index (χ1v) is 11.6. The van der Waals surface area contributed by atoms with Gasteiger partial charge in [-0.05, 0) is 59.4 Å². The van der Waals surface area contributed by atoms with Gasteiger partial charge in [-0.3, -0.25) is 0 Å². The lowest BCUT2D eigenvalue weighted by Crippen LogP contribution is -2.30. The van der Waals surface area contributed by atoms with Crippen LogP contribution >= 0.6 is 0 Å². The number of benzene rings is 2. The number of fused-ring (bicyclic) bond motifs is 3. The number of rotatable bonds is 18. The van der Waals surface area contributed by atoms with Crippen LogP contribution in [0.2, 0.25) is 0 Å². The Morgan fingerprint density at radius 2 is 1.21 bits per heavy atom. The number of methoxy groups -OCH3 is 2. The Morgan fingerprint density at radius 1 is 0.667 bits per heavy atom. The van der Waals surface area contributed by atoms with Crippen LogP contribution in [0.3, 0.4) is 0 Å². The molecule has 3 rings (SSSR count). The summed E-state index contributed by atoms with van der Waals surface area (Å²) in [6, 6.07) is 20.1. The largest absolute Gasteiger partial charge is 0.382 e. The summed E-state index contributed by atoms with van der Waals surface area (Å²) in [4.78, 5) is 0. The highest BCUT2D eigenvalue weighted by Crippen LogP contribution is 2.52. The van der Waals surface area contributed by atoms with Gasteiger partial charge in [-0.15, -0.1) is 0 Å². The molecule has 0 aromatic heterocycles. The molecule has 0 heterocycles. The van der Waals surface area contributed by atoms with Crippen molar-refractivity contribution in [1.29, 1.82) is 0 Å². The highest BCUT2D eigenvalue weighted by molar-refractivity contribution is 5.80. The van der Waals surface area contributed by atoms with Gasteiger partial charge < -0.3 is 28.4 Å². The average Bonchev–Trinajstić information content (AvgIpc) is 3.13. The Morgan fingerprint density at radius 3 is 1.82 bits per heavy atom. The molecule has 179 valence electrons. The zero-order valence-corrected chi connectivity index (χ0v) is 19.8. The maximum Gasteiger partial charge on any atom is 0.0701 e. The average molecular weight is 456 g/mol. The molecule has 0 aliphatic heterocycles. The zero-order valence-electron chi connectivity index (χ0n) is 19.8. The summed E-state index contributed by atoms with van der Waals surface area (Å²) >= 11 is 0. The van der Waals surface area contributed by atoms with Crippen molar-refractivity contribution < 1.29 is 28.4 Å². The molecule has 0 amide bonds. The fraction of sp³-hybridized carbons (Fsp3) is 0.556. The van der Waals surface area contributed by atoms with E-state index in [0.717, 1.165) is 12.8 Å². The maximum atomic E-state index is 5.94. The molecule has 0 bridgehead atoms. The summed E-state index contributed by atoms with van der Waals surface area (Å²) < 4.78 is 32.9. The van der Waals surface area contributed by atoms with E-state index in [1.807, 2.05) is 12.1 Å². The van der Waals surface area contributed by atoms with E-state index >= 15 is 0 Å². The predicted octanol–water partition coefficient (Wildman–Crippen LogP) is 3.49. The molecule has 0 unspecified atom stereocenters. The molecule has 6 nitrogen and oxygen atoms in total. The number of ether oxygens (including phenoxy) is 6. The van der Waals surface area contributed by atoms with Crippen LogP contribution in [0, 0.1) is 18.2 Å². The fourth-order valence-electron chi connectivity index (χ4n) is 4.25. The molecule has 0 atom stereocenters. The fourth-order valence-corrected chi connectivity index (χ4v) is 4.25. The van der Waals surface area contributed by atoms with Gasteiger partial charge in [-0.1, -0.05) is 24.3 Å². The highest BCUT2D eigenvalue weighted by Gasteiger charge is 2.42. The van der Waals surface area contributed by atoms with Gasteiger partial charge in [0, 0.05) is 32.8 Å². The first kappa shape index (κ1) is 25.8. The van der Waals surface area contributed by atoms with Crippen LogP contribution in [0.25, 0.3) is 11.1 Å². The second kappa shape index (κ2) is 14.5. The van der Waals surface area contributed by atoms with Crippen LogP contribution < -0.4 is 0 Å². The lowest BCUT2D eigenvalue weighted by atomic mass is 9.73. The summed E-state index contributed by atoms with van der Waals surface area (Å²) in [5.74, 6) is 0. The van der Waals surface area contributed by atoms with E-state index in [1.54, 1.807) is 14.2 Å². The van der Waals surface area contributed by atoms with Crippen LogP contribution in [0.5, 0.6) is 0 Å². The van der Waals surface area contributed by atoms with Crippen LogP contribution in [-0.2, 0) is 33.8 Å². The Kier molecular flexibility index (Phi) is 11.3. The Balaban J connectivity index is 1.61. The van der Waals surface area contributed by atoms with Crippen LogP contribution in [0.15, 0.2) is 30.3 Å². The Labute approximate surface area is 198 Å². The van der Waals surface area contributed by atoms with Crippen molar-refractivity contribution in [2.24, 2.45) is 0 Å². The van der Waals surface area contributed by atoms with Gasteiger partial charge in [-0.25, -0.2) is 0 Å². The summed E-state index contributed by atoms with van der Waals surface area (Å²) in [6.07, 6.45) is 1.65. The second-order valence-electron chi connectivity index (χ2n) is 7.88. The van der Waals surface area contributed by atoms with Crippen molar-refractivity contribution in [1.82, 2.24) is 0 Å². The van der Waals surface area contributed by atoms with Gasteiger partial charge in [-0.2, -0.15) is 0 Å². The van der Waals surface area contributed by atoms with Gasteiger partial charge in [0.15, 0.2) is 0 Å². The quantitative estimate of drug-likeness (QED) is 0.321. The van der Waals surface area contributed by atoms with Crippen molar-refractivity contribution >= 4 is 0 Å². The molecule has 6 heteroatoms. The Bertz CT molecular complexity index is 741. The topological polar surface area (TPSA) is 55.4 Å². The first-order chi connectivity index (χ1) is 16.3. The third-order valence-corrected chi connectivity index (χ3v) is 5.90. The van der Waals surface area contributed by atoms with E-state index in [2.05, 4.69) is 36.4 Å². The van der Waals surface area contributed by atoms with Crippen LogP contribution in [0.1, 0.15) is 24.0 Å². The van der Waals surface area contributed by atoms with Gasteiger partial charge in [0.2, 0.25) is 0 Å². The zero-order chi connectivity index (χ0) is 23.2. The molecule has 0 saturated carbocycles. The monoisotopic (exact) mass is 455 g/mol. The first-order valence-electron chi connectivity index (χ1n) is 11.6. The molecule has 0 N–H and O–H groups in total. The lowest BCUT2D eigenvalue weighted by molar-refractivity contribution is 0.0145. The van der Waals surface area contributed by atoms with E-state index in [1.165, 1.54) is 22.3 Å². The molecule has 1 aliphatic carbocycles. The summed E-state index contributed by atoms with van der Waals surface area (Å²) in [5, 5.41) is 0. The van der Waals surface area contributed by atoms with E-state index in [4.69, 9.17) is 28.4 Å². The van der Waals surface area contributed by atoms with Gasteiger partial charge >= 0.3 is 0 Å². The molecule has 2 aromatic rings. The second-order valence-corrected chi connectivity index (χ2v) is 7.88. The number of hydrogen-bond donors (Lipinski definition) is 0. The summed E-state index contributed by atoms with van der Waals surface area (Å²) in [7, 11) is 3.33. The predicted molar refractivity (Wildman–Crippen MR) is 125 cm³/mol. The van der Waals surface area contributed by atoms with Crippen LogP contribution in [-0.4, -0.2) is 80.3 Å². The van der Waals surface area contributed by atoms with Crippen molar-refractivity contribution in [3.8, 4) is 11.1 Å². The normalized spacial score (nSPS) is 13.8. The maximum absolute atomic E-state index is 5.94.